The van der Waals surface area contributed by atoms with Gasteiger partial charge in [-0.2, -0.15) is 0 Å². The van der Waals surface area contributed by atoms with Crippen LogP contribution in [0.2, 0.25) is 0 Å². The van der Waals surface area contributed by atoms with Crippen LogP contribution in [0.5, 0.6) is 0 Å². The number of rotatable bonds is 5. The van der Waals surface area contributed by atoms with Crippen molar-refractivity contribution in [3.05, 3.63) is 0 Å². The number of carbonyl (C=O) groups is 2. The van der Waals surface area contributed by atoms with Gasteiger partial charge in [0.1, 0.15) is 6.04 Å². The van der Waals surface area contributed by atoms with Gasteiger partial charge in [-0.05, 0) is 38.1 Å². The van der Waals surface area contributed by atoms with Crippen molar-refractivity contribution in [2.45, 2.75) is 59.0 Å². The molecule has 1 rings (SSSR count). The molecule has 0 aromatic carbocycles. The Kier molecular flexibility index (Phi) is 5.35. The van der Waals surface area contributed by atoms with Gasteiger partial charge < -0.3 is 10.4 Å². The summed E-state index contributed by atoms with van der Waals surface area (Å²) in [7, 11) is 0. The van der Waals surface area contributed by atoms with Crippen LogP contribution in [0.3, 0.4) is 0 Å². The zero-order valence-corrected chi connectivity index (χ0v) is 12.4. The van der Waals surface area contributed by atoms with E-state index in [9.17, 15) is 14.7 Å². The summed E-state index contributed by atoms with van der Waals surface area (Å²) in [5.41, 5.74) is -0.291. The van der Waals surface area contributed by atoms with Crippen molar-refractivity contribution in [2.75, 3.05) is 13.1 Å². The van der Waals surface area contributed by atoms with E-state index in [1.165, 1.54) is 0 Å². The van der Waals surface area contributed by atoms with Crippen LogP contribution < -0.4 is 5.32 Å². The maximum Gasteiger partial charge on any atom is 0.321 e. The summed E-state index contributed by atoms with van der Waals surface area (Å²) in [5, 5.41) is 12.3. The molecule has 0 radical (unpaired) electrons. The van der Waals surface area contributed by atoms with Crippen molar-refractivity contribution in [1.29, 1.82) is 0 Å². The van der Waals surface area contributed by atoms with E-state index in [1.54, 1.807) is 4.90 Å². The first-order chi connectivity index (χ1) is 8.77. The Morgan fingerprint density at radius 3 is 2.63 bits per heavy atom. The van der Waals surface area contributed by atoms with Gasteiger partial charge in [-0.25, -0.2) is 0 Å². The molecule has 0 aromatic rings. The number of nitrogens with one attached hydrogen (secondary N) is 1. The topological polar surface area (TPSA) is 69.6 Å². The van der Waals surface area contributed by atoms with Crippen LogP contribution >= 0.6 is 0 Å². The average molecular weight is 270 g/mol. The van der Waals surface area contributed by atoms with Crippen molar-refractivity contribution in [3.8, 4) is 0 Å². The lowest BCUT2D eigenvalue weighted by molar-refractivity contribution is -0.151. The van der Waals surface area contributed by atoms with Gasteiger partial charge in [-0.15, -0.1) is 0 Å². The number of carboxylic acids is 1. The van der Waals surface area contributed by atoms with Gasteiger partial charge in [0.15, 0.2) is 0 Å². The van der Waals surface area contributed by atoms with E-state index in [2.05, 4.69) is 5.32 Å². The molecule has 2 atom stereocenters. The summed E-state index contributed by atoms with van der Waals surface area (Å²) in [6, 6.07) is -0.447. The minimum atomic E-state index is -0.832. The van der Waals surface area contributed by atoms with Gasteiger partial charge in [0, 0.05) is 6.04 Å². The van der Waals surface area contributed by atoms with Gasteiger partial charge in [0.25, 0.3) is 0 Å². The number of carboxylic acid groups (broad SMARTS) is 1. The number of carbonyl (C=O) groups excluding carboxylic acids is 1. The normalized spacial score (nSPS) is 24.7. The summed E-state index contributed by atoms with van der Waals surface area (Å²) >= 11 is 0. The molecule has 110 valence electrons. The first-order valence-corrected chi connectivity index (χ1v) is 7.04. The van der Waals surface area contributed by atoms with E-state index in [4.69, 9.17) is 0 Å². The zero-order chi connectivity index (χ0) is 14.6. The van der Waals surface area contributed by atoms with Gasteiger partial charge >= 0.3 is 5.97 Å². The average Bonchev–Trinajstić information content (AvgIpc) is 2.26. The third-order valence-corrected chi connectivity index (χ3v) is 3.97. The molecule has 1 fully saturated rings. The van der Waals surface area contributed by atoms with Crippen LogP contribution in [-0.4, -0.2) is 47.1 Å². The molecule has 0 aliphatic carbocycles. The number of amides is 1. The van der Waals surface area contributed by atoms with Crippen molar-refractivity contribution in [2.24, 2.45) is 5.41 Å². The number of aliphatic carboxylic acids is 1. The molecule has 5 nitrogen and oxygen atoms in total. The maximum absolute atomic E-state index is 11.9. The van der Waals surface area contributed by atoms with Crippen molar-refractivity contribution < 1.29 is 14.7 Å². The monoisotopic (exact) mass is 270 g/mol. The number of likely N-dealkylation sites (tertiary alicyclic amines) is 1. The largest absolute Gasteiger partial charge is 0.480 e. The summed E-state index contributed by atoms with van der Waals surface area (Å²) < 4.78 is 0. The van der Waals surface area contributed by atoms with E-state index in [0.29, 0.717) is 6.54 Å². The summed E-state index contributed by atoms with van der Waals surface area (Å²) in [6.45, 7) is 8.73. The van der Waals surface area contributed by atoms with E-state index < -0.39 is 12.0 Å². The molecular formula is C14H26N2O3. The Hall–Kier alpha value is -1.10. The van der Waals surface area contributed by atoms with Gasteiger partial charge in [0.2, 0.25) is 5.91 Å². The third kappa shape index (κ3) is 4.20. The number of piperidine rings is 1. The predicted octanol–water partition coefficient (Wildman–Crippen LogP) is 1.48. The Labute approximate surface area is 115 Å². The van der Waals surface area contributed by atoms with E-state index in [1.807, 2.05) is 27.7 Å². The highest BCUT2D eigenvalue weighted by Gasteiger charge is 2.42. The van der Waals surface area contributed by atoms with E-state index in [0.717, 1.165) is 19.3 Å². The molecular weight excluding hydrogens is 244 g/mol. The quantitative estimate of drug-likeness (QED) is 0.794. The molecule has 0 saturated carbocycles. The fraction of sp³-hybridized carbons (Fsp3) is 0.857. The summed E-state index contributed by atoms with van der Waals surface area (Å²) in [6.07, 6.45) is 2.69. The molecule has 2 unspecified atom stereocenters. The molecule has 0 bridgehead atoms. The second kappa shape index (κ2) is 6.37. The molecule has 2 N–H and O–H groups in total. The Bertz CT molecular complexity index is 342. The van der Waals surface area contributed by atoms with Crippen LogP contribution in [-0.2, 0) is 9.59 Å². The molecule has 5 heteroatoms. The van der Waals surface area contributed by atoms with E-state index >= 15 is 0 Å². The third-order valence-electron chi connectivity index (χ3n) is 3.97. The van der Waals surface area contributed by atoms with Crippen LogP contribution in [0.4, 0.5) is 0 Å². The molecule has 1 heterocycles. The highest BCUT2D eigenvalue weighted by molar-refractivity contribution is 5.80. The zero-order valence-electron chi connectivity index (χ0n) is 12.4. The Morgan fingerprint density at radius 1 is 1.47 bits per heavy atom. The lowest BCUT2D eigenvalue weighted by Gasteiger charge is -2.43. The standard InChI is InChI=1S/C14H26N2O3/c1-5-10(2)15-11(17)9-16-8-6-7-14(3,4)12(16)13(18)19/h10,12H,5-9H2,1-4H3,(H,15,17)(H,18,19). The van der Waals surface area contributed by atoms with Gasteiger partial charge in [-0.1, -0.05) is 20.8 Å². The first-order valence-electron chi connectivity index (χ1n) is 7.04. The molecule has 0 spiro atoms. The highest BCUT2D eigenvalue weighted by atomic mass is 16.4. The SMILES string of the molecule is CCC(C)NC(=O)CN1CCCC(C)(C)C1C(=O)O. The fourth-order valence-corrected chi connectivity index (χ4v) is 2.77. The van der Waals surface area contributed by atoms with Crippen molar-refractivity contribution in [1.82, 2.24) is 10.2 Å². The minimum absolute atomic E-state index is 0.0849. The molecule has 0 aromatic heterocycles. The van der Waals surface area contributed by atoms with Crippen LogP contribution in [0.15, 0.2) is 0 Å². The van der Waals surface area contributed by atoms with Gasteiger partial charge in [0.05, 0.1) is 6.54 Å². The van der Waals surface area contributed by atoms with Crippen molar-refractivity contribution >= 4 is 11.9 Å². The predicted molar refractivity (Wildman–Crippen MR) is 73.9 cm³/mol. The number of hydrogen-bond donors (Lipinski definition) is 2. The first kappa shape index (κ1) is 16.0. The Balaban J connectivity index is 2.69. The van der Waals surface area contributed by atoms with Crippen LogP contribution in [0.25, 0.3) is 0 Å². The second-order valence-electron chi connectivity index (χ2n) is 6.18. The van der Waals surface area contributed by atoms with E-state index in [-0.39, 0.29) is 23.9 Å². The lowest BCUT2D eigenvalue weighted by atomic mass is 9.76. The Morgan fingerprint density at radius 2 is 2.11 bits per heavy atom. The summed E-state index contributed by atoms with van der Waals surface area (Å²) in [5.74, 6) is -0.917. The molecule has 1 saturated heterocycles. The molecule has 1 aliphatic heterocycles. The summed E-state index contributed by atoms with van der Waals surface area (Å²) in [4.78, 5) is 25.2. The van der Waals surface area contributed by atoms with Crippen LogP contribution in [0.1, 0.15) is 47.0 Å². The molecule has 1 aliphatic rings. The molecule has 1 amide bonds. The minimum Gasteiger partial charge on any atom is -0.480 e. The smallest absolute Gasteiger partial charge is 0.321 e. The second-order valence-corrected chi connectivity index (χ2v) is 6.18. The van der Waals surface area contributed by atoms with Crippen LogP contribution in [0, 0.1) is 5.41 Å². The number of nitrogens with zero attached hydrogens (tertiary/aromatic N) is 1. The fourth-order valence-electron chi connectivity index (χ4n) is 2.77. The lowest BCUT2D eigenvalue weighted by Crippen LogP contribution is -2.56. The molecule has 19 heavy (non-hydrogen) atoms. The highest BCUT2D eigenvalue weighted by Crippen LogP contribution is 2.35. The maximum atomic E-state index is 11.9. The van der Waals surface area contributed by atoms with Gasteiger partial charge in [-0.3, -0.25) is 14.5 Å². The van der Waals surface area contributed by atoms with Crippen molar-refractivity contribution in [3.63, 3.8) is 0 Å². The number of hydrogen-bond acceptors (Lipinski definition) is 3.